The zero-order chi connectivity index (χ0) is 14.1. The van der Waals surface area contributed by atoms with Crippen LogP contribution < -0.4 is 10.6 Å². The molecule has 0 spiro atoms. The Labute approximate surface area is 111 Å². The van der Waals surface area contributed by atoms with E-state index in [9.17, 15) is 9.59 Å². The molecular formula is C11H19N5O3. The smallest absolute Gasteiger partial charge is 0.314 e. The van der Waals surface area contributed by atoms with Gasteiger partial charge in [-0.15, -0.1) is 5.10 Å². The van der Waals surface area contributed by atoms with Crippen molar-refractivity contribution in [2.24, 2.45) is 5.92 Å². The van der Waals surface area contributed by atoms with Crippen LogP contribution in [-0.2, 0) is 11.3 Å². The van der Waals surface area contributed by atoms with Crippen molar-refractivity contribution in [1.82, 2.24) is 25.6 Å². The Balaban J connectivity index is 2.17. The molecule has 0 fully saturated rings. The van der Waals surface area contributed by atoms with E-state index in [-0.39, 0.29) is 12.6 Å². The summed E-state index contributed by atoms with van der Waals surface area (Å²) in [7, 11) is 0. The molecule has 0 aliphatic rings. The SMILES string of the molecule is CCCC(CNC(=O)NCCn1ccnn1)C(=O)O. The van der Waals surface area contributed by atoms with Gasteiger partial charge in [0, 0.05) is 19.3 Å². The summed E-state index contributed by atoms with van der Waals surface area (Å²) in [6.45, 7) is 2.97. The van der Waals surface area contributed by atoms with Crippen molar-refractivity contribution < 1.29 is 14.7 Å². The fraction of sp³-hybridized carbons (Fsp3) is 0.636. The maximum Gasteiger partial charge on any atom is 0.314 e. The first kappa shape index (κ1) is 14.9. The number of carboxylic acid groups (broad SMARTS) is 1. The average Bonchev–Trinajstić information content (AvgIpc) is 2.87. The van der Waals surface area contributed by atoms with Crippen molar-refractivity contribution in [1.29, 1.82) is 0 Å². The Kier molecular flexibility index (Phi) is 6.34. The Bertz CT molecular complexity index is 393. The molecule has 19 heavy (non-hydrogen) atoms. The first-order valence-corrected chi connectivity index (χ1v) is 6.22. The molecule has 0 bridgehead atoms. The molecule has 0 saturated heterocycles. The summed E-state index contributed by atoms with van der Waals surface area (Å²) < 4.78 is 1.59. The van der Waals surface area contributed by atoms with Crippen LogP contribution in [0.25, 0.3) is 0 Å². The lowest BCUT2D eigenvalue weighted by Gasteiger charge is -2.12. The third-order valence-electron chi connectivity index (χ3n) is 2.59. The maximum atomic E-state index is 11.4. The lowest BCUT2D eigenvalue weighted by molar-refractivity contribution is -0.141. The Hall–Kier alpha value is -2.12. The summed E-state index contributed by atoms with van der Waals surface area (Å²) >= 11 is 0. The minimum atomic E-state index is -0.884. The zero-order valence-electron chi connectivity index (χ0n) is 10.9. The number of aliphatic carboxylic acids is 1. The number of carbonyl (C=O) groups is 2. The molecule has 0 radical (unpaired) electrons. The monoisotopic (exact) mass is 269 g/mol. The van der Waals surface area contributed by atoms with Crippen LogP contribution in [-0.4, -0.2) is 45.2 Å². The number of rotatable bonds is 8. The molecule has 1 heterocycles. The third kappa shape index (κ3) is 5.84. The molecule has 0 aliphatic carbocycles. The number of nitrogens with zero attached hydrogens (tertiary/aromatic N) is 3. The van der Waals surface area contributed by atoms with E-state index in [1.807, 2.05) is 6.92 Å². The lowest BCUT2D eigenvalue weighted by atomic mass is 10.0. The average molecular weight is 269 g/mol. The summed E-state index contributed by atoms with van der Waals surface area (Å²) in [6.07, 6.45) is 4.57. The summed E-state index contributed by atoms with van der Waals surface area (Å²) in [5, 5.41) is 21.5. The van der Waals surface area contributed by atoms with E-state index in [4.69, 9.17) is 5.11 Å². The van der Waals surface area contributed by atoms with Crippen LogP contribution in [0.5, 0.6) is 0 Å². The van der Waals surface area contributed by atoms with Crippen molar-refractivity contribution in [3.05, 3.63) is 12.4 Å². The number of nitrogens with one attached hydrogen (secondary N) is 2. The number of urea groups is 1. The summed E-state index contributed by atoms with van der Waals surface area (Å²) in [4.78, 5) is 22.3. The van der Waals surface area contributed by atoms with Gasteiger partial charge in [0.2, 0.25) is 0 Å². The first-order chi connectivity index (χ1) is 9.13. The summed E-state index contributed by atoms with van der Waals surface area (Å²) in [6, 6.07) is -0.373. The minimum Gasteiger partial charge on any atom is -0.481 e. The molecule has 2 amide bonds. The van der Waals surface area contributed by atoms with Crippen LogP contribution in [0.2, 0.25) is 0 Å². The standard InChI is InChI=1S/C11H19N5O3/c1-2-3-9(10(17)18)8-13-11(19)12-4-6-16-7-5-14-15-16/h5,7,9H,2-4,6,8H2,1H3,(H,17,18)(H2,12,13,19). The molecule has 1 atom stereocenters. The highest BCUT2D eigenvalue weighted by Crippen LogP contribution is 2.04. The highest BCUT2D eigenvalue weighted by molar-refractivity contribution is 5.75. The van der Waals surface area contributed by atoms with Crippen molar-refractivity contribution in [3.8, 4) is 0 Å². The van der Waals surface area contributed by atoms with Crippen LogP contribution in [0.3, 0.4) is 0 Å². The second-order valence-corrected chi connectivity index (χ2v) is 4.13. The van der Waals surface area contributed by atoms with E-state index in [1.54, 1.807) is 17.1 Å². The molecule has 1 aromatic rings. The number of carboxylic acids is 1. The fourth-order valence-corrected chi connectivity index (χ4v) is 1.58. The number of hydrogen-bond acceptors (Lipinski definition) is 4. The van der Waals surface area contributed by atoms with E-state index in [2.05, 4.69) is 20.9 Å². The predicted octanol–water partition coefficient (Wildman–Crippen LogP) is 0.0782. The van der Waals surface area contributed by atoms with Crippen molar-refractivity contribution in [3.63, 3.8) is 0 Å². The number of hydrogen-bond donors (Lipinski definition) is 3. The van der Waals surface area contributed by atoms with Gasteiger partial charge in [0.1, 0.15) is 0 Å². The fourth-order valence-electron chi connectivity index (χ4n) is 1.58. The van der Waals surface area contributed by atoms with Crippen LogP contribution in [0, 0.1) is 5.92 Å². The molecule has 106 valence electrons. The van der Waals surface area contributed by atoms with Gasteiger partial charge in [-0.05, 0) is 6.42 Å². The highest BCUT2D eigenvalue weighted by atomic mass is 16.4. The van der Waals surface area contributed by atoms with E-state index >= 15 is 0 Å². The zero-order valence-corrected chi connectivity index (χ0v) is 10.9. The van der Waals surface area contributed by atoms with E-state index in [1.165, 1.54) is 0 Å². The van der Waals surface area contributed by atoms with Gasteiger partial charge in [-0.25, -0.2) is 4.79 Å². The molecule has 1 aromatic heterocycles. The van der Waals surface area contributed by atoms with Gasteiger partial charge in [-0.3, -0.25) is 9.48 Å². The minimum absolute atomic E-state index is 0.137. The van der Waals surface area contributed by atoms with E-state index in [0.717, 1.165) is 6.42 Å². The molecule has 1 unspecified atom stereocenters. The van der Waals surface area contributed by atoms with Gasteiger partial charge < -0.3 is 15.7 Å². The topological polar surface area (TPSA) is 109 Å². The largest absolute Gasteiger partial charge is 0.481 e. The molecule has 1 rings (SSSR count). The maximum absolute atomic E-state index is 11.4. The van der Waals surface area contributed by atoms with Crippen molar-refractivity contribution in [2.75, 3.05) is 13.1 Å². The van der Waals surface area contributed by atoms with Crippen molar-refractivity contribution in [2.45, 2.75) is 26.3 Å². The first-order valence-electron chi connectivity index (χ1n) is 6.22. The molecule has 0 saturated carbocycles. The van der Waals surface area contributed by atoms with Gasteiger partial charge in [0.05, 0.1) is 18.7 Å². The van der Waals surface area contributed by atoms with E-state index < -0.39 is 11.9 Å². The van der Waals surface area contributed by atoms with Gasteiger partial charge in [-0.1, -0.05) is 18.6 Å². The molecule has 8 heteroatoms. The van der Waals surface area contributed by atoms with Gasteiger partial charge in [-0.2, -0.15) is 0 Å². The normalized spacial score (nSPS) is 11.8. The Morgan fingerprint density at radius 2 is 2.21 bits per heavy atom. The molecule has 3 N–H and O–H groups in total. The Morgan fingerprint density at radius 3 is 2.79 bits per heavy atom. The van der Waals surface area contributed by atoms with Crippen LogP contribution in [0.4, 0.5) is 4.79 Å². The molecule has 0 aliphatic heterocycles. The molecule has 8 nitrogen and oxygen atoms in total. The summed E-state index contributed by atoms with van der Waals surface area (Å²) in [5.74, 6) is -1.42. The van der Waals surface area contributed by atoms with Crippen LogP contribution in [0.1, 0.15) is 19.8 Å². The predicted molar refractivity (Wildman–Crippen MR) is 67.5 cm³/mol. The highest BCUT2D eigenvalue weighted by Gasteiger charge is 2.16. The molecular weight excluding hydrogens is 250 g/mol. The van der Waals surface area contributed by atoms with Crippen LogP contribution >= 0.6 is 0 Å². The van der Waals surface area contributed by atoms with Crippen molar-refractivity contribution >= 4 is 12.0 Å². The second kappa shape index (κ2) is 8.06. The summed E-state index contributed by atoms with van der Waals surface area (Å²) in [5.41, 5.74) is 0. The number of amides is 2. The van der Waals surface area contributed by atoms with Gasteiger partial charge >= 0.3 is 12.0 Å². The second-order valence-electron chi connectivity index (χ2n) is 4.13. The Morgan fingerprint density at radius 1 is 1.42 bits per heavy atom. The number of carbonyl (C=O) groups excluding carboxylic acids is 1. The third-order valence-corrected chi connectivity index (χ3v) is 2.59. The van der Waals surface area contributed by atoms with Gasteiger partial charge in [0.25, 0.3) is 0 Å². The lowest BCUT2D eigenvalue weighted by Crippen LogP contribution is -2.41. The van der Waals surface area contributed by atoms with Gasteiger partial charge in [0.15, 0.2) is 0 Å². The quantitative estimate of drug-likeness (QED) is 0.619. The molecule has 0 aromatic carbocycles. The van der Waals surface area contributed by atoms with Crippen LogP contribution in [0.15, 0.2) is 12.4 Å². The number of aromatic nitrogens is 3. The van der Waals surface area contributed by atoms with E-state index in [0.29, 0.717) is 19.5 Å².